The number of amides is 1. The average molecular weight is 405 g/mol. The van der Waals surface area contributed by atoms with Crippen LogP contribution < -0.4 is 4.80 Å². The van der Waals surface area contributed by atoms with Crippen molar-refractivity contribution in [3.8, 4) is 0 Å². The van der Waals surface area contributed by atoms with Crippen molar-refractivity contribution in [1.82, 2.24) is 4.57 Å². The number of halogens is 4. The summed E-state index contributed by atoms with van der Waals surface area (Å²) in [7, 11) is 0. The summed E-state index contributed by atoms with van der Waals surface area (Å²) in [5.41, 5.74) is 0.336. The lowest BCUT2D eigenvalue weighted by Crippen LogP contribution is -2.16. The largest absolute Gasteiger partial charge is 0.310 e. The Bertz CT molecular complexity index is 1040. The van der Waals surface area contributed by atoms with Crippen LogP contribution in [0.2, 0.25) is 8.67 Å². The molecule has 0 bridgehead atoms. The highest BCUT2D eigenvalue weighted by Gasteiger charge is 2.16. The van der Waals surface area contributed by atoms with Crippen molar-refractivity contribution in [2.75, 3.05) is 0 Å². The SMILES string of the molecule is C=CCn1c(=NC(=O)c2cc(Cl)sc2Cl)sc2cc(F)cc(F)c21. The molecule has 0 fully saturated rings. The normalized spacial score (nSPS) is 12.1. The van der Waals surface area contributed by atoms with Gasteiger partial charge in [-0.15, -0.1) is 17.9 Å². The predicted molar refractivity (Wildman–Crippen MR) is 94.2 cm³/mol. The summed E-state index contributed by atoms with van der Waals surface area (Å²) >= 11 is 13.8. The van der Waals surface area contributed by atoms with Crippen molar-refractivity contribution in [2.45, 2.75) is 6.54 Å². The number of carbonyl (C=O) groups is 1. The molecule has 0 aliphatic carbocycles. The third-order valence-electron chi connectivity index (χ3n) is 3.09. The molecule has 0 aliphatic heterocycles. The maximum atomic E-state index is 14.1. The number of hydrogen-bond acceptors (Lipinski definition) is 3. The van der Waals surface area contributed by atoms with Crippen LogP contribution in [0.1, 0.15) is 10.4 Å². The summed E-state index contributed by atoms with van der Waals surface area (Å²) < 4.78 is 29.9. The van der Waals surface area contributed by atoms with Gasteiger partial charge in [0.05, 0.1) is 20.1 Å². The Balaban J connectivity index is 2.23. The van der Waals surface area contributed by atoms with Crippen LogP contribution in [0.4, 0.5) is 8.78 Å². The molecule has 3 rings (SSSR count). The summed E-state index contributed by atoms with van der Waals surface area (Å²) in [6.45, 7) is 3.82. The number of hydrogen-bond donors (Lipinski definition) is 0. The van der Waals surface area contributed by atoms with Crippen LogP contribution in [-0.4, -0.2) is 10.5 Å². The Hall–Kier alpha value is -1.54. The minimum Gasteiger partial charge on any atom is -0.310 e. The molecule has 0 unspecified atom stereocenters. The molecule has 0 N–H and O–H groups in total. The van der Waals surface area contributed by atoms with E-state index in [0.717, 1.165) is 28.7 Å². The van der Waals surface area contributed by atoms with Crippen LogP contribution in [0, 0.1) is 11.6 Å². The molecule has 0 aliphatic rings. The minimum atomic E-state index is -0.728. The average Bonchev–Trinajstić information content (AvgIpc) is 2.99. The maximum Gasteiger partial charge on any atom is 0.282 e. The molecule has 1 amide bonds. The number of nitrogens with zero attached hydrogens (tertiary/aromatic N) is 2. The first kappa shape index (κ1) is 17.3. The molecule has 124 valence electrons. The fourth-order valence-electron chi connectivity index (χ4n) is 2.15. The van der Waals surface area contributed by atoms with E-state index < -0.39 is 17.5 Å². The summed E-state index contributed by atoms with van der Waals surface area (Å²) in [5.74, 6) is -2.03. The molecule has 0 saturated heterocycles. The number of allylic oxidation sites excluding steroid dienone is 1. The van der Waals surface area contributed by atoms with E-state index >= 15 is 0 Å². The van der Waals surface area contributed by atoms with Crippen molar-refractivity contribution < 1.29 is 13.6 Å². The molecular formula is C15H8Cl2F2N2OS2. The van der Waals surface area contributed by atoms with Gasteiger partial charge >= 0.3 is 0 Å². The van der Waals surface area contributed by atoms with Crippen LogP contribution in [0.3, 0.4) is 0 Å². The van der Waals surface area contributed by atoms with Gasteiger partial charge in [-0.2, -0.15) is 4.99 Å². The van der Waals surface area contributed by atoms with Gasteiger partial charge in [0.1, 0.15) is 10.2 Å². The van der Waals surface area contributed by atoms with Crippen molar-refractivity contribution in [3.05, 3.63) is 61.5 Å². The number of thiazole rings is 1. The molecule has 0 atom stereocenters. The van der Waals surface area contributed by atoms with E-state index in [1.165, 1.54) is 22.8 Å². The van der Waals surface area contributed by atoms with Crippen molar-refractivity contribution in [2.24, 2.45) is 4.99 Å². The topological polar surface area (TPSA) is 34.4 Å². The highest BCUT2D eigenvalue weighted by molar-refractivity contribution is 7.20. The Labute approximate surface area is 153 Å². The quantitative estimate of drug-likeness (QED) is 0.547. The zero-order valence-corrected chi connectivity index (χ0v) is 15.0. The van der Waals surface area contributed by atoms with E-state index in [1.807, 2.05) is 0 Å². The van der Waals surface area contributed by atoms with E-state index in [0.29, 0.717) is 9.04 Å². The highest BCUT2D eigenvalue weighted by Crippen LogP contribution is 2.31. The van der Waals surface area contributed by atoms with E-state index in [4.69, 9.17) is 23.2 Å². The van der Waals surface area contributed by atoms with Gasteiger partial charge in [-0.05, 0) is 12.1 Å². The predicted octanol–water partition coefficient (Wildman–Crippen LogP) is 5.28. The first-order chi connectivity index (χ1) is 11.4. The number of benzene rings is 1. The summed E-state index contributed by atoms with van der Waals surface area (Å²) in [4.78, 5) is 16.5. The first-order valence-electron chi connectivity index (χ1n) is 6.54. The maximum absolute atomic E-state index is 14.1. The molecule has 1 aromatic carbocycles. The van der Waals surface area contributed by atoms with Gasteiger partial charge in [-0.3, -0.25) is 4.79 Å². The van der Waals surface area contributed by atoms with Gasteiger partial charge in [0, 0.05) is 12.6 Å². The van der Waals surface area contributed by atoms with E-state index in [-0.39, 0.29) is 26.8 Å². The summed E-state index contributed by atoms with van der Waals surface area (Å²) in [6, 6.07) is 3.40. The highest BCUT2D eigenvalue weighted by atomic mass is 35.5. The second-order valence-corrected chi connectivity index (χ2v) is 7.97. The van der Waals surface area contributed by atoms with Gasteiger partial charge in [-0.25, -0.2) is 8.78 Å². The van der Waals surface area contributed by atoms with E-state index in [2.05, 4.69) is 11.6 Å². The van der Waals surface area contributed by atoms with Crippen LogP contribution >= 0.6 is 45.9 Å². The number of carbonyl (C=O) groups excluding carboxylic acids is 1. The molecule has 2 heterocycles. The van der Waals surface area contributed by atoms with Crippen LogP contribution in [0.25, 0.3) is 10.2 Å². The van der Waals surface area contributed by atoms with E-state index in [9.17, 15) is 13.6 Å². The lowest BCUT2D eigenvalue weighted by molar-refractivity contribution is 0.0998. The molecule has 3 nitrogen and oxygen atoms in total. The van der Waals surface area contributed by atoms with E-state index in [1.54, 1.807) is 0 Å². The third kappa shape index (κ3) is 3.17. The third-order valence-corrected chi connectivity index (χ3v) is 5.60. The molecule has 2 aromatic heterocycles. The van der Waals surface area contributed by atoms with Crippen LogP contribution in [-0.2, 0) is 6.54 Å². The second kappa shape index (κ2) is 6.76. The van der Waals surface area contributed by atoms with Gasteiger partial charge in [0.15, 0.2) is 10.6 Å². The van der Waals surface area contributed by atoms with Crippen molar-refractivity contribution in [3.63, 3.8) is 0 Å². The molecule has 0 saturated carbocycles. The van der Waals surface area contributed by atoms with Crippen LogP contribution in [0.5, 0.6) is 0 Å². The zero-order valence-electron chi connectivity index (χ0n) is 11.9. The van der Waals surface area contributed by atoms with Gasteiger partial charge in [0.25, 0.3) is 5.91 Å². The standard InChI is InChI=1S/C15H8Cl2F2N2OS2/c1-2-3-21-12-9(19)4-7(18)5-10(12)23-15(21)20-14(22)8-6-11(16)24-13(8)17/h2,4-6H,1,3H2. The van der Waals surface area contributed by atoms with Gasteiger partial charge < -0.3 is 4.57 Å². The number of thiophene rings is 1. The smallest absolute Gasteiger partial charge is 0.282 e. The summed E-state index contributed by atoms with van der Waals surface area (Å²) in [6.07, 6.45) is 1.53. The Morgan fingerprint density at radius 2 is 2.04 bits per heavy atom. The minimum absolute atomic E-state index is 0.168. The van der Waals surface area contributed by atoms with Crippen molar-refractivity contribution >= 4 is 62.0 Å². The molecule has 24 heavy (non-hydrogen) atoms. The number of aromatic nitrogens is 1. The first-order valence-corrected chi connectivity index (χ1v) is 8.92. The van der Waals surface area contributed by atoms with Crippen molar-refractivity contribution in [1.29, 1.82) is 0 Å². The lowest BCUT2D eigenvalue weighted by Gasteiger charge is -2.02. The number of fused-ring (bicyclic) bond motifs is 1. The second-order valence-electron chi connectivity index (χ2n) is 4.67. The molecule has 9 heteroatoms. The van der Waals surface area contributed by atoms with Gasteiger partial charge in [-0.1, -0.05) is 40.6 Å². The summed E-state index contributed by atoms with van der Waals surface area (Å²) in [5, 5.41) is 0. The molecule has 3 aromatic rings. The Morgan fingerprint density at radius 1 is 1.29 bits per heavy atom. The Kier molecular flexibility index (Phi) is 4.87. The fraction of sp³-hybridized carbons (Fsp3) is 0.0667. The fourth-order valence-corrected chi connectivity index (χ4v) is 4.67. The molecule has 0 radical (unpaired) electrons. The molecule has 0 spiro atoms. The monoisotopic (exact) mass is 404 g/mol. The Morgan fingerprint density at radius 3 is 2.67 bits per heavy atom. The van der Waals surface area contributed by atoms with Crippen LogP contribution in [0.15, 0.2) is 35.8 Å². The zero-order chi connectivity index (χ0) is 17.4. The lowest BCUT2D eigenvalue weighted by atomic mass is 10.3. The number of rotatable bonds is 3. The molecular weight excluding hydrogens is 397 g/mol. The van der Waals surface area contributed by atoms with Gasteiger partial charge in [0.2, 0.25) is 0 Å².